The molecule has 116 valence electrons. The number of carbonyl (C=O) groups excluding carboxylic acids is 1. The first-order valence-electron chi connectivity index (χ1n) is 6.71. The first kappa shape index (κ1) is 16.2. The number of rotatable bonds is 5. The van der Waals surface area contributed by atoms with Crippen molar-refractivity contribution in [2.45, 2.75) is 36.9 Å². The minimum Gasteiger partial charge on any atom is -0.348 e. The zero-order valence-corrected chi connectivity index (χ0v) is 12.1. The number of hydrogen-bond acceptors (Lipinski definition) is 3. The Hall–Kier alpha value is -1.21. The fraction of sp³-hybridized carbons (Fsp3) is 0.500. The van der Waals surface area contributed by atoms with Crippen LogP contribution in [-0.4, -0.2) is 23.2 Å². The molecule has 0 spiro atoms. The molecule has 0 bridgehead atoms. The Morgan fingerprint density at radius 2 is 2.14 bits per heavy atom. The van der Waals surface area contributed by atoms with Crippen molar-refractivity contribution in [3.8, 4) is 0 Å². The molecule has 0 radical (unpaired) electrons. The monoisotopic (exact) mass is 318 g/mol. The van der Waals surface area contributed by atoms with Crippen molar-refractivity contribution in [3.05, 3.63) is 35.4 Å². The Labute approximate surface area is 125 Å². The minimum absolute atomic E-state index is 0.00434. The van der Waals surface area contributed by atoms with Crippen molar-refractivity contribution in [1.82, 2.24) is 5.32 Å². The molecule has 3 N–H and O–H groups in total. The van der Waals surface area contributed by atoms with E-state index in [1.54, 1.807) is 0 Å². The number of amides is 1. The lowest BCUT2D eigenvalue weighted by Crippen LogP contribution is -2.42. The largest absolute Gasteiger partial charge is 0.441 e. The van der Waals surface area contributed by atoms with Crippen LogP contribution < -0.4 is 11.1 Å². The second-order valence-electron chi connectivity index (χ2n) is 4.99. The van der Waals surface area contributed by atoms with E-state index in [2.05, 4.69) is 5.32 Å². The van der Waals surface area contributed by atoms with E-state index in [0.717, 1.165) is 18.4 Å². The smallest absolute Gasteiger partial charge is 0.348 e. The molecule has 2 atom stereocenters. The summed E-state index contributed by atoms with van der Waals surface area (Å²) < 4.78 is 36.1. The van der Waals surface area contributed by atoms with Gasteiger partial charge in [-0.2, -0.15) is 13.2 Å². The van der Waals surface area contributed by atoms with Gasteiger partial charge in [0.15, 0.2) is 0 Å². The first-order chi connectivity index (χ1) is 9.87. The summed E-state index contributed by atoms with van der Waals surface area (Å²) in [6.07, 6.45) is 1.69. The molecule has 0 fully saturated rings. The highest BCUT2D eigenvalue weighted by molar-refractivity contribution is 8.00. The quantitative estimate of drug-likeness (QED) is 0.878. The van der Waals surface area contributed by atoms with E-state index in [4.69, 9.17) is 5.73 Å². The average Bonchev–Trinajstić information content (AvgIpc) is 2.80. The molecule has 1 aromatic rings. The molecule has 0 heterocycles. The molecule has 1 aliphatic carbocycles. The van der Waals surface area contributed by atoms with Crippen molar-refractivity contribution in [2.75, 3.05) is 5.75 Å². The SMILES string of the molecule is N[C@@H](CCSC(F)(F)F)C(=O)NC1CCc2ccccc21. The Bertz CT molecular complexity index is 507. The van der Waals surface area contributed by atoms with Gasteiger partial charge in [-0.15, -0.1) is 0 Å². The van der Waals surface area contributed by atoms with Crippen molar-refractivity contribution < 1.29 is 18.0 Å². The molecule has 21 heavy (non-hydrogen) atoms. The van der Waals surface area contributed by atoms with Crippen LogP contribution in [0.15, 0.2) is 24.3 Å². The molecule has 3 nitrogen and oxygen atoms in total. The van der Waals surface area contributed by atoms with Crippen LogP contribution in [0.4, 0.5) is 13.2 Å². The topological polar surface area (TPSA) is 55.1 Å². The van der Waals surface area contributed by atoms with Crippen LogP contribution in [0.2, 0.25) is 0 Å². The zero-order chi connectivity index (χ0) is 15.5. The number of aryl methyl sites for hydroxylation is 1. The maximum Gasteiger partial charge on any atom is 0.441 e. The summed E-state index contributed by atoms with van der Waals surface area (Å²) >= 11 is -0.149. The lowest BCUT2D eigenvalue weighted by molar-refractivity contribution is -0.123. The number of nitrogens with two attached hydrogens (primary N) is 1. The van der Waals surface area contributed by atoms with Gasteiger partial charge in [0, 0.05) is 5.75 Å². The highest BCUT2D eigenvalue weighted by Gasteiger charge is 2.29. The predicted molar refractivity (Wildman–Crippen MR) is 76.8 cm³/mol. The maximum absolute atomic E-state index is 12.0. The predicted octanol–water partition coefficient (Wildman–Crippen LogP) is 2.76. The van der Waals surface area contributed by atoms with E-state index in [0.29, 0.717) is 0 Å². The van der Waals surface area contributed by atoms with Gasteiger partial charge in [-0.3, -0.25) is 4.79 Å². The summed E-state index contributed by atoms with van der Waals surface area (Å²) in [4.78, 5) is 11.9. The number of alkyl halides is 3. The fourth-order valence-corrected chi connectivity index (χ4v) is 3.02. The summed E-state index contributed by atoms with van der Waals surface area (Å²) in [6, 6.07) is 6.83. The standard InChI is InChI=1S/C14H17F3N2OS/c15-14(16,17)21-8-7-11(18)13(20)19-12-6-5-9-3-1-2-4-10(9)12/h1-4,11-12H,5-8,18H2,(H,19,20)/t11-,12?/m0/s1. The number of nitrogens with one attached hydrogen (secondary N) is 1. The molecule has 1 aliphatic rings. The van der Waals surface area contributed by atoms with E-state index in [1.807, 2.05) is 24.3 Å². The van der Waals surface area contributed by atoms with Crippen LogP contribution in [0.25, 0.3) is 0 Å². The second-order valence-corrected chi connectivity index (χ2v) is 6.15. The van der Waals surface area contributed by atoms with E-state index in [-0.39, 0.29) is 35.9 Å². The third-order valence-corrected chi connectivity index (χ3v) is 4.25. The highest BCUT2D eigenvalue weighted by Crippen LogP contribution is 2.32. The third kappa shape index (κ3) is 4.64. The van der Waals surface area contributed by atoms with E-state index < -0.39 is 11.6 Å². The molecule has 2 rings (SSSR count). The normalized spacial score (nSPS) is 19.1. The number of hydrogen-bond donors (Lipinski definition) is 2. The van der Waals surface area contributed by atoms with Crippen molar-refractivity contribution in [1.29, 1.82) is 0 Å². The van der Waals surface area contributed by atoms with Gasteiger partial charge in [-0.25, -0.2) is 0 Å². The number of halogens is 3. The Morgan fingerprint density at radius 3 is 2.86 bits per heavy atom. The first-order valence-corrected chi connectivity index (χ1v) is 7.70. The molecule has 1 amide bonds. The lowest BCUT2D eigenvalue weighted by atomic mass is 10.1. The Morgan fingerprint density at radius 1 is 1.43 bits per heavy atom. The van der Waals surface area contributed by atoms with Crippen molar-refractivity contribution in [2.24, 2.45) is 5.73 Å². The van der Waals surface area contributed by atoms with Crippen LogP contribution >= 0.6 is 11.8 Å². The van der Waals surface area contributed by atoms with Crippen LogP contribution in [0.3, 0.4) is 0 Å². The summed E-state index contributed by atoms with van der Waals surface area (Å²) in [5.41, 5.74) is 3.64. The summed E-state index contributed by atoms with van der Waals surface area (Å²) in [5, 5.41) is 2.83. The third-order valence-electron chi connectivity index (χ3n) is 3.48. The van der Waals surface area contributed by atoms with Gasteiger partial charge in [0.1, 0.15) is 0 Å². The molecule has 1 unspecified atom stereocenters. The summed E-state index contributed by atoms with van der Waals surface area (Å²) in [7, 11) is 0. The van der Waals surface area contributed by atoms with Crippen LogP contribution in [0, 0.1) is 0 Å². The number of benzene rings is 1. The molecule has 0 aromatic heterocycles. The van der Waals surface area contributed by atoms with Gasteiger partial charge >= 0.3 is 5.51 Å². The van der Waals surface area contributed by atoms with Crippen molar-refractivity contribution >= 4 is 17.7 Å². The molecule has 7 heteroatoms. The van der Waals surface area contributed by atoms with Gasteiger partial charge in [0.2, 0.25) is 5.91 Å². The molecule has 0 saturated carbocycles. The van der Waals surface area contributed by atoms with Crippen LogP contribution in [-0.2, 0) is 11.2 Å². The van der Waals surface area contributed by atoms with Gasteiger partial charge in [0.25, 0.3) is 0 Å². The average molecular weight is 318 g/mol. The van der Waals surface area contributed by atoms with E-state index in [9.17, 15) is 18.0 Å². The van der Waals surface area contributed by atoms with E-state index in [1.165, 1.54) is 5.56 Å². The van der Waals surface area contributed by atoms with Gasteiger partial charge in [0.05, 0.1) is 12.1 Å². The minimum atomic E-state index is -4.28. The van der Waals surface area contributed by atoms with Crippen molar-refractivity contribution in [3.63, 3.8) is 0 Å². The molecule has 0 saturated heterocycles. The molecular formula is C14H17F3N2OS. The Balaban J connectivity index is 1.82. The zero-order valence-electron chi connectivity index (χ0n) is 11.3. The molecule has 0 aliphatic heterocycles. The van der Waals surface area contributed by atoms with Crippen LogP contribution in [0.1, 0.15) is 30.0 Å². The Kier molecular flexibility index (Phi) is 5.16. The summed E-state index contributed by atoms with van der Waals surface area (Å²) in [5.74, 6) is -0.598. The summed E-state index contributed by atoms with van der Waals surface area (Å²) in [6.45, 7) is 0. The van der Waals surface area contributed by atoms with Crippen LogP contribution in [0.5, 0.6) is 0 Å². The van der Waals surface area contributed by atoms with Gasteiger partial charge in [-0.05, 0) is 30.4 Å². The highest BCUT2D eigenvalue weighted by atomic mass is 32.2. The lowest BCUT2D eigenvalue weighted by Gasteiger charge is -2.18. The van der Waals surface area contributed by atoms with Gasteiger partial charge in [-0.1, -0.05) is 36.0 Å². The second kappa shape index (κ2) is 6.70. The fourth-order valence-electron chi connectivity index (χ4n) is 2.42. The van der Waals surface area contributed by atoms with E-state index >= 15 is 0 Å². The number of carbonyl (C=O) groups is 1. The van der Waals surface area contributed by atoms with Gasteiger partial charge < -0.3 is 11.1 Å². The molecular weight excluding hydrogens is 301 g/mol. The maximum atomic E-state index is 12.0. The number of fused-ring (bicyclic) bond motifs is 1. The molecule has 1 aromatic carbocycles. The number of thioether (sulfide) groups is 1.